The second kappa shape index (κ2) is 3.72. The van der Waals surface area contributed by atoms with E-state index in [4.69, 9.17) is 9.66 Å². The molecule has 0 unspecified atom stereocenters. The Morgan fingerprint density at radius 3 is 2.43 bits per heavy atom. The van der Waals surface area contributed by atoms with Gasteiger partial charge in [-0.25, -0.2) is 13.6 Å². The van der Waals surface area contributed by atoms with Crippen LogP contribution in [0.1, 0.15) is 36.5 Å². The quantitative estimate of drug-likeness (QED) is 0.924. The van der Waals surface area contributed by atoms with Gasteiger partial charge in [-0.15, -0.1) is 0 Å². The van der Waals surface area contributed by atoms with E-state index in [9.17, 15) is 8.42 Å². The molecule has 1 aromatic carbocycles. The maximum atomic E-state index is 11.7. The molecule has 2 aromatic rings. The summed E-state index contributed by atoms with van der Waals surface area (Å²) in [6.07, 6.45) is 2.52. The van der Waals surface area contributed by atoms with Gasteiger partial charge in [0.15, 0.2) is 5.82 Å². The fourth-order valence-corrected chi connectivity index (χ4v) is 4.83. The van der Waals surface area contributed by atoms with Crippen molar-refractivity contribution in [3.8, 4) is 0 Å². The summed E-state index contributed by atoms with van der Waals surface area (Å²) in [6.45, 7) is 1.80. The monoisotopic (exact) mass is 305 g/mol. The van der Waals surface area contributed by atoms with Gasteiger partial charge in [-0.2, -0.15) is 4.98 Å². The lowest BCUT2D eigenvalue weighted by Gasteiger charge is -2.69. The van der Waals surface area contributed by atoms with Crippen molar-refractivity contribution in [1.29, 1.82) is 0 Å². The zero-order chi connectivity index (χ0) is 14.9. The van der Waals surface area contributed by atoms with E-state index in [1.807, 2.05) is 12.1 Å². The normalized spacial score (nSPS) is 30.6. The van der Waals surface area contributed by atoms with Crippen LogP contribution in [-0.4, -0.2) is 18.6 Å². The van der Waals surface area contributed by atoms with E-state index < -0.39 is 10.0 Å². The smallest absolute Gasteiger partial charge is 0.238 e. The SMILES string of the molecule is Cc1noc(C23CC(c4ccccc4S(N)(=O)=O)(C2)C3)n1. The lowest BCUT2D eigenvalue weighted by atomic mass is 9.33. The summed E-state index contributed by atoms with van der Waals surface area (Å²) in [6, 6.07) is 7.00. The number of hydrogen-bond acceptors (Lipinski definition) is 5. The molecule has 5 rings (SSSR count). The third-order valence-electron chi connectivity index (χ3n) is 4.78. The molecule has 110 valence electrons. The Morgan fingerprint density at radius 2 is 1.86 bits per heavy atom. The molecule has 0 atom stereocenters. The molecule has 0 radical (unpaired) electrons. The summed E-state index contributed by atoms with van der Waals surface area (Å²) in [4.78, 5) is 4.55. The first-order chi connectivity index (χ1) is 9.85. The van der Waals surface area contributed by atoms with Gasteiger partial charge in [-0.3, -0.25) is 0 Å². The number of primary sulfonamides is 1. The molecule has 3 aliphatic rings. The maximum absolute atomic E-state index is 11.7. The molecule has 6 nitrogen and oxygen atoms in total. The fraction of sp³-hybridized carbons (Fsp3) is 0.429. The first kappa shape index (κ1) is 13.0. The molecule has 0 aliphatic heterocycles. The average molecular weight is 305 g/mol. The number of aryl methyl sites for hydroxylation is 1. The Kier molecular flexibility index (Phi) is 2.30. The van der Waals surface area contributed by atoms with Crippen LogP contribution in [0, 0.1) is 6.92 Å². The summed E-state index contributed by atoms with van der Waals surface area (Å²) >= 11 is 0. The number of sulfonamides is 1. The van der Waals surface area contributed by atoms with Gasteiger partial charge >= 0.3 is 0 Å². The summed E-state index contributed by atoms with van der Waals surface area (Å²) < 4.78 is 28.8. The van der Waals surface area contributed by atoms with Gasteiger partial charge < -0.3 is 4.52 Å². The highest BCUT2D eigenvalue weighted by atomic mass is 32.2. The zero-order valence-electron chi connectivity index (χ0n) is 11.5. The van der Waals surface area contributed by atoms with Crippen molar-refractivity contribution in [3.63, 3.8) is 0 Å². The van der Waals surface area contributed by atoms with Gasteiger partial charge in [0.2, 0.25) is 15.9 Å². The van der Waals surface area contributed by atoms with E-state index in [0.717, 1.165) is 24.8 Å². The lowest BCUT2D eigenvalue weighted by molar-refractivity contribution is -0.0908. The largest absolute Gasteiger partial charge is 0.339 e. The molecule has 0 amide bonds. The van der Waals surface area contributed by atoms with Crippen molar-refractivity contribution in [1.82, 2.24) is 10.1 Å². The summed E-state index contributed by atoms with van der Waals surface area (Å²) in [7, 11) is -3.70. The Morgan fingerprint density at radius 1 is 1.19 bits per heavy atom. The Labute approximate surface area is 122 Å². The van der Waals surface area contributed by atoms with Crippen LogP contribution < -0.4 is 5.14 Å². The Bertz CT molecular complexity index is 821. The molecule has 3 aliphatic carbocycles. The number of nitrogens with two attached hydrogens (primary N) is 1. The predicted molar refractivity (Wildman–Crippen MR) is 74.1 cm³/mol. The number of benzene rings is 1. The number of aromatic nitrogens is 2. The molecule has 0 spiro atoms. The van der Waals surface area contributed by atoms with Gasteiger partial charge in [0.05, 0.1) is 10.3 Å². The number of hydrogen-bond donors (Lipinski definition) is 1. The highest BCUT2D eigenvalue weighted by molar-refractivity contribution is 7.89. The van der Waals surface area contributed by atoms with Crippen LogP contribution in [0.5, 0.6) is 0 Å². The summed E-state index contributed by atoms with van der Waals surface area (Å²) in [5.74, 6) is 1.31. The highest BCUT2D eigenvalue weighted by Gasteiger charge is 2.72. The Balaban J connectivity index is 1.68. The van der Waals surface area contributed by atoms with Crippen molar-refractivity contribution >= 4 is 10.0 Å². The van der Waals surface area contributed by atoms with Crippen LogP contribution in [0.3, 0.4) is 0 Å². The molecule has 3 saturated carbocycles. The highest BCUT2D eigenvalue weighted by Crippen LogP contribution is 2.74. The first-order valence-electron chi connectivity index (χ1n) is 6.78. The maximum Gasteiger partial charge on any atom is 0.238 e. The molecule has 2 N–H and O–H groups in total. The van der Waals surface area contributed by atoms with Crippen LogP contribution in [0.2, 0.25) is 0 Å². The van der Waals surface area contributed by atoms with E-state index in [-0.39, 0.29) is 15.7 Å². The fourth-order valence-electron chi connectivity index (χ4n) is 3.97. The van der Waals surface area contributed by atoms with Gasteiger partial charge in [0, 0.05) is 0 Å². The van der Waals surface area contributed by atoms with Crippen LogP contribution in [0.25, 0.3) is 0 Å². The van der Waals surface area contributed by atoms with E-state index in [1.54, 1.807) is 19.1 Å². The van der Waals surface area contributed by atoms with Crippen LogP contribution in [0.15, 0.2) is 33.7 Å². The number of rotatable bonds is 3. The van der Waals surface area contributed by atoms with Gasteiger partial charge in [0.25, 0.3) is 0 Å². The average Bonchev–Trinajstić information content (AvgIpc) is 2.72. The minimum atomic E-state index is -3.70. The van der Waals surface area contributed by atoms with Crippen LogP contribution in [0.4, 0.5) is 0 Å². The molecule has 1 heterocycles. The van der Waals surface area contributed by atoms with Gasteiger partial charge in [0.1, 0.15) is 0 Å². The third-order valence-corrected chi connectivity index (χ3v) is 5.75. The topological polar surface area (TPSA) is 99.1 Å². The third kappa shape index (κ3) is 1.64. The second-order valence-electron chi connectivity index (χ2n) is 6.28. The second-order valence-corrected chi connectivity index (χ2v) is 7.81. The molecule has 7 heteroatoms. The summed E-state index contributed by atoms with van der Waals surface area (Å²) in [5, 5.41) is 9.17. The first-order valence-corrected chi connectivity index (χ1v) is 8.33. The van der Waals surface area contributed by atoms with Crippen LogP contribution >= 0.6 is 0 Å². The molecule has 3 fully saturated rings. The zero-order valence-corrected chi connectivity index (χ0v) is 12.4. The molecular weight excluding hydrogens is 290 g/mol. The molecular formula is C14H15N3O3S. The molecule has 21 heavy (non-hydrogen) atoms. The van der Waals surface area contributed by atoms with Gasteiger partial charge in [-0.1, -0.05) is 23.4 Å². The predicted octanol–water partition coefficient (Wildman–Crippen LogP) is 1.40. The van der Waals surface area contributed by atoms with E-state index in [2.05, 4.69) is 10.1 Å². The molecule has 0 saturated heterocycles. The van der Waals surface area contributed by atoms with Crippen LogP contribution in [-0.2, 0) is 20.9 Å². The van der Waals surface area contributed by atoms with Crippen molar-refractivity contribution in [2.45, 2.75) is 41.9 Å². The van der Waals surface area contributed by atoms with Gasteiger partial charge in [-0.05, 0) is 43.2 Å². The standard InChI is InChI=1S/C14H15N3O3S/c1-9-16-12(20-17-9)14-6-13(7-14,8-14)10-4-2-3-5-11(10)21(15,18)19/h2-5H,6-8H2,1H3,(H2,15,18,19). The lowest BCUT2D eigenvalue weighted by Crippen LogP contribution is -2.67. The molecule has 1 aromatic heterocycles. The van der Waals surface area contributed by atoms with Crippen molar-refractivity contribution < 1.29 is 12.9 Å². The molecule has 2 bridgehead atoms. The van der Waals surface area contributed by atoms with Crippen molar-refractivity contribution in [2.75, 3.05) is 0 Å². The van der Waals surface area contributed by atoms with Crippen molar-refractivity contribution in [2.24, 2.45) is 5.14 Å². The minimum absolute atomic E-state index is 0.0628. The van der Waals surface area contributed by atoms with E-state index >= 15 is 0 Å². The van der Waals surface area contributed by atoms with E-state index in [1.165, 1.54) is 0 Å². The minimum Gasteiger partial charge on any atom is -0.339 e. The number of nitrogens with zero attached hydrogens (tertiary/aromatic N) is 2. The van der Waals surface area contributed by atoms with E-state index in [0.29, 0.717) is 11.7 Å². The van der Waals surface area contributed by atoms with Crippen molar-refractivity contribution in [3.05, 3.63) is 41.5 Å². The summed E-state index contributed by atoms with van der Waals surface area (Å²) in [5.41, 5.74) is 0.656. The Hall–Kier alpha value is -1.73.